The largest absolute Gasteiger partial charge is 0.505 e. The average Bonchev–Trinajstić information content (AvgIpc) is 3.14. The van der Waals surface area contributed by atoms with Gasteiger partial charge in [-0.3, -0.25) is 0 Å². The van der Waals surface area contributed by atoms with Crippen LogP contribution in [0.25, 0.3) is 10.4 Å². The third-order valence-corrected chi connectivity index (χ3v) is 12.6. The lowest BCUT2D eigenvalue weighted by Crippen LogP contribution is -2.56. The molecule has 0 radical (unpaired) electrons. The summed E-state index contributed by atoms with van der Waals surface area (Å²) in [6.45, 7) is 18.9. The molecule has 1 saturated heterocycles. The molecule has 0 bridgehead atoms. The van der Waals surface area contributed by atoms with Crippen LogP contribution in [0.3, 0.4) is 0 Å². The van der Waals surface area contributed by atoms with Crippen LogP contribution in [0.5, 0.6) is 0 Å². The van der Waals surface area contributed by atoms with Gasteiger partial charge in [-0.1, -0.05) is 75.4 Å². The van der Waals surface area contributed by atoms with Crippen LogP contribution in [0.15, 0.2) is 60.4 Å². The smallest absolute Gasteiger partial charge is 0.351 e. The van der Waals surface area contributed by atoms with Crippen molar-refractivity contribution < 1.29 is 18.8 Å². The fourth-order valence-corrected chi connectivity index (χ4v) is 6.53. The normalized spacial score (nSPS) is 27.5. The Bertz CT molecular complexity index is 1160. The molecule has 2 aliphatic rings. The number of amides is 1. The summed E-state index contributed by atoms with van der Waals surface area (Å²) in [4.78, 5) is 17.5. The molecule has 2 aliphatic heterocycles. The average molecular weight is 462 g/mol. The Balaban J connectivity index is 1.88. The second kappa shape index (κ2) is 7.66. The highest BCUT2D eigenvalue weighted by molar-refractivity contribution is 6.74. The van der Waals surface area contributed by atoms with Gasteiger partial charge >= 0.3 is 5.91 Å². The molecule has 1 fully saturated rings. The molecular formula is C27H33N2O3Si+. The van der Waals surface area contributed by atoms with E-state index in [2.05, 4.69) is 38.7 Å². The first kappa shape index (κ1) is 23.4. The number of carbonyl (C=O) groups is 1. The monoisotopic (exact) mass is 461 g/mol. The predicted molar refractivity (Wildman–Crippen MR) is 133 cm³/mol. The minimum atomic E-state index is -2.08. The molecule has 6 heteroatoms. The third-order valence-electron chi connectivity index (χ3n) is 8.03. The van der Waals surface area contributed by atoms with Gasteiger partial charge in [-0.15, -0.1) is 0 Å². The number of nitrogens with zero attached hydrogens (tertiary/aromatic N) is 2. The Morgan fingerprint density at radius 2 is 1.73 bits per heavy atom. The van der Waals surface area contributed by atoms with Crippen molar-refractivity contribution in [3.05, 3.63) is 82.9 Å². The van der Waals surface area contributed by atoms with Crippen LogP contribution in [0.4, 0.5) is 5.69 Å². The summed E-state index contributed by atoms with van der Waals surface area (Å²) in [6.07, 6.45) is 0.362. The molecule has 1 N–H and O–H groups in total. The van der Waals surface area contributed by atoms with Crippen LogP contribution >= 0.6 is 0 Å². The van der Waals surface area contributed by atoms with Crippen molar-refractivity contribution in [3.63, 3.8) is 0 Å². The van der Waals surface area contributed by atoms with Gasteiger partial charge in [-0.05, 0) is 23.7 Å². The van der Waals surface area contributed by atoms with Crippen LogP contribution in [0.2, 0.25) is 18.1 Å². The zero-order valence-corrected chi connectivity index (χ0v) is 21.3. The highest BCUT2D eigenvalue weighted by Crippen LogP contribution is 2.57. The number of likely N-dealkylation sites (N-methyl/N-ethyl adjacent to an activating group) is 1. The number of fused-ring (bicyclic) bond motifs is 1. The van der Waals surface area contributed by atoms with E-state index in [1.54, 1.807) is 12.1 Å². The summed E-state index contributed by atoms with van der Waals surface area (Å²) >= 11 is 0. The van der Waals surface area contributed by atoms with Gasteiger partial charge in [0, 0.05) is 12.0 Å². The maximum atomic E-state index is 14.0. The lowest BCUT2D eigenvalue weighted by Gasteiger charge is -2.38. The van der Waals surface area contributed by atoms with E-state index >= 15 is 0 Å². The summed E-state index contributed by atoms with van der Waals surface area (Å²) in [5.74, 6) is 0.0207. The molecular weight excluding hydrogens is 428 g/mol. The van der Waals surface area contributed by atoms with Gasteiger partial charge in [0.15, 0.2) is 25.3 Å². The van der Waals surface area contributed by atoms with Crippen molar-refractivity contribution in [2.24, 2.45) is 0 Å². The Morgan fingerprint density at radius 1 is 1.12 bits per heavy atom. The fraction of sp³-hybridized carbons (Fsp3) is 0.407. The number of aliphatic hydroxyl groups excluding tert-OH is 1. The highest BCUT2D eigenvalue weighted by atomic mass is 28.4. The summed E-state index contributed by atoms with van der Waals surface area (Å²) in [6, 6.07) is 16.7. The van der Waals surface area contributed by atoms with Crippen molar-refractivity contribution in [2.45, 2.75) is 57.0 Å². The molecule has 0 unspecified atom stereocenters. The number of benzene rings is 2. The van der Waals surface area contributed by atoms with Crippen LogP contribution in [0.1, 0.15) is 38.3 Å². The van der Waals surface area contributed by atoms with Crippen LogP contribution in [-0.4, -0.2) is 43.5 Å². The first-order valence-electron chi connectivity index (χ1n) is 11.4. The summed E-state index contributed by atoms with van der Waals surface area (Å²) in [5.41, 5.74) is 1.56. The van der Waals surface area contributed by atoms with Crippen molar-refractivity contribution in [3.8, 4) is 0 Å². The first-order valence-corrected chi connectivity index (χ1v) is 14.3. The Kier molecular flexibility index (Phi) is 5.44. The molecule has 2 heterocycles. The lowest BCUT2D eigenvalue weighted by atomic mass is 9.84. The molecule has 2 aromatic rings. The van der Waals surface area contributed by atoms with Gasteiger partial charge in [0.05, 0.1) is 13.6 Å². The number of carbonyl (C=O) groups excluding carboxylic acids is 1. The Hall–Kier alpha value is -2.72. The van der Waals surface area contributed by atoms with E-state index in [9.17, 15) is 9.90 Å². The molecule has 1 amide bonds. The molecule has 3 atom stereocenters. The topological polar surface area (TPSA) is 50.9 Å². The number of hydrogen-bond donors (Lipinski definition) is 1. The van der Waals surface area contributed by atoms with Crippen molar-refractivity contribution >= 4 is 25.5 Å². The maximum absolute atomic E-state index is 14.0. The number of hydrogen-bond acceptors (Lipinski definition) is 3. The van der Waals surface area contributed by atoms with E-state index in [1.807, 2.05) is 49.5 Å². The second-order valence-electron chi connectivity index (χ2n) is 11.0. The van der Waals surface area contributed by atoms with Gasteiger partial charge in [0.1, 0.15) is 18.2 Å². The number of rotatable bonds is 4. The minimum absolute atomic E-state index is 0.0414. The SMILES string of the molecule is [C-]#[N+]c1ccc([C@]23C[C@H](O[Si](C)(C)C(C)(C)C)C[N@@+]2(C)C(=O)C(c2ccccc2)=C3O)cc1. The molecule has 5 nitrogen and oxygen atoms in total. The summed E-state index contributed by atoms with van der Waals surface area (Å²) in [5, 5.41) is 11.8. The predicted octanol–water partition coefficient (Wildman–Crippen LogP) is 6.18. The van der Waals surface area contributed by atoms with E-state index in [0.29, 0.717) is 24.2 Å². The molecule has 172 valence electrons. The van der Waals surface area contributed by atoms with Gasteiger partial charge in [0.25, 0.3) is 0 Å². The molecule has 0 spiro atoms. The molecule has 4 rings (SSSR count). The van der Waals surface area contributed by atoms with Crippen molar-refractivity contribution in [2.75, 3.05) is 13.6 Å². The third kappa shape index (κ3) is 3.38. The standard InChI is InChI=1S/C27H32N2O3Si/c1-26(2,3)33(6,7)32-22-17-27(20-13-15-21(28-4)16-14-20)24(30)23(19-11-9-8-10-12-19)25(31)29(27,5)18-22/h8-16,22H,17-18H2,1-3,5-7H3/p+1/t22-,27-,29-/m0/s1. The Morgan fingerprint density at radius 3 is 2.27 bits per heavy atom. The van der Waals surface area contributed by atoms with Crippen molar-refractivity contribution in [1.29, 1.82) is 0 Å². The summed E-state index contributed by atoms with van der Waals surface area (Å²) < 4.78 is 6.82. The molecule has 2 aromatic carbocycles. The van der Waals surface area contributed by atoms with E-state index in [-0.39, 0.29) is 27.3 Å². The van der Waals surface area contributed by atoms with Gasteiger partial charge in [-0.2, -0.15) is 0 Å². The fourth-order valence-electron chi connectivity index (χ4n) is 5.19. The quantitative estimate of drug-likeness (QED) is 0.336. The minimum Gasteiger partial charge on any atom is -0.505 e. The number of quaternary nitrogens is 1. The van der Waals surface area contributed by atoms with E-state index in [0.717, 1.165) is 11.1 Å². The lowest BCUT2D eigenvalue weighted by molar-refractivity contribution is -0.871. The molecule has 33 heavy (non-hydrogen) atoms. The van der Waals surface area contributed by atoms with Crippen molar-refractivity contribution in [1.82, 2.24) is 0 Å². The van der Waals surface area contributed by atoms with Crippen LogP contribution in [0, 0.1) is 6.57 Å². The zero-order valence-electron chi connectivity index (χ0n) is 20.3. The van der Waals surface area contributed by atoms with Crippen LogP contribution < -0.4 is 0 Å². The Labute approximate surface area is 197 Å². The van der Waals surface area contributed by atoms with Gasteiger partial charge < -0.3 is 9.53 Å². The first-order chi connectivity index (χ1) is 15.4. The molecule has 0 aliphatic carbocycles. The molecule has 0 saturated carbocycles. The summed E-state index contributed by atoms with van der Waals surface area (Å²) in [7, 11) is -0.160. The number of aliphatic hydroxyl groups is 1. The zero-order chi connectivity index (χ0) is 24.2. The van der Waals surface area contributed by atoms with E-state index in [4.69, 9.17) is 11.0 Å². The van der Waals surface area contributed by atoms with E-state index in [1.165, 1.54) is 0 Å². The highest BCUT2D eigenvalue weighted by Gasteiger charge is 2.70. The van der Waals surface area contributed by atoms with E-state index < -0.39 is 13.9 Å². The van der Waals surface area contributed by atoms with Gasteiger partial charge in [0.2, 0.25) is 0 Å². The van der Waals surface area contributed by atoms with Gasteiger partial charge in [-0.25, -0.2) is 14.1 Å². The second-order valence-corrected chi connectivity index (χ2v) is 15.7. The maximum Gasteiger partial charge on any atom is 0.351 e. The molecule has 0 aromatic heterocycles. The van der Waals surface area contributed by atoms with Crippen LogP contribution in [-0.2, 0) is 14.8 Å².